The maximum absolute atomic E-state index is 10.4. The molecule has 23 heavy (non-hydrogen) atoms. The molecule has 1 aliphatic heterocycles. The third-order valence-electron chi connectivity index (χ3n) is 4.48. The van der Waals surface area contributed by atoms with Gasteiger partial charge in [0, 0.05) is 18.2 Å². The van der Waals surface area contributed by atoms with Gasteiger partial charge in [-0.3, -0.25) is 4.90 Å². The first-order chi connectivity index (χ1) is 11.2. The molecule has 1 unspecified atom stereocenters. The summed E-state index contributed by atoms with van der Waals surface area (Å²) in [5, 5.41) is 17.9. The second-order valence-corrected chi connectivity index (χ2v) is 6.40. The van der Waals surface area contributed by atoms with Gasteiger partial charge in [-0.2, -0.15) is 0 Å². The fraction of sp³-hybridized carbons (Fsp3) is 0.500. The molecule has 1 fully saturated rings. The van der Waals surface area contributed by atoms with Crippen LogP contribution in [-0.2, 0) is 6.54 Å². The van der Waals surface area contributed by atoms with Crippen molar-refractivity contribution in [1.29, 1.82) is 0 Å². The van der Waals surface area contributed by atoms with E-state index in [1.165, 1.54) is 0 Å². The molecule has 0 saturated carbocycles. The van der Waals surface area contributed by atoms with E-state index < -0.39 is 0 Å². The molecule has 0 bridgehead atoms. The molecule has 0 spiro atoms. The van der Waals surface area contributed by atoms with Crippen LogP contribution in [0.15, 0.2) is 40.9 Å². The van der Waals surface area contributed by atoms with Gasteiger partial charge in [0.15, 0.2) is 5.76 Å². The van der Waals surface area contributed by atoms with E-state index in [0.29, 0.717) is 19.0 Å². The summed E-state index contributed by atoms with van der Waals surface area (Å²) in [4.78, 5) is 2.10. The van der Waals surface area contributed by atoms with Gasteiger partial charge in [0.05, 0.1) is 12.6 Å². The highest BCUT2D eigenvalue weighted by Crippen LogP contribution is 2.20. The van der Waals surface area contributed by atoms with E-state index in [2.05, 4.69) is 15.4 Å². The zero-order valence-corrected chi connectivity index (χ0v) is 13.6. The number of aliphatic hydroxyl groups excluding tert-OH is 1. The summed E-state index contributed by atoms with van der Waals surface area (Å²) in [6.07, 6.45) is 1.82. The predicted octanol–water partition coefficient (Wildman–Crippen LogP) is 2.13. The Bertz CT molecular complexity index is 593. The summed E-state index contributed by atoms with van der Waals surface area (Å²) >= 11 is 0. The SMILES string of the molecule is CN(Cc1cc(-c2ccccc2)no1)CC(O)C1CCNCC1. The Hall–Kier alpha value is -1.69. The molecular formula is C18H25N3O2. The zero-order chi connectivity index (χ0) is 16.1. The summed E-state index contributed by atoms with van der Waals surface area (Å²) in [5.74, 6) is 1.22. The van der Waals surface area contributed by atoms with Crippen LogP contribution < -0.4 is 5.32 Å². The summed E-state index contributed by atoms with van der Waals surface area (Å²) in [5.41, 5.74) is 1.91. The lowest BCUT2D eigenvalue weighted by molar-refractivity contribution is 0.0540. The lowest BCUT2D eigenvalue weighted by Crippen LogP contribution is -2.39. The molecule has 1 saturated heterocycles. The van der Waals surface area contributed by atoms with E-state index in [4.69, 9.17) is 4.52 Å². The van der Waals surface area contributed by atoms with Crippen LogP contribution in [0, 0.1) is 5.92 Å². The molecule has 2 aromatic rings. The lowest BCUT2D eigenvalue weighted by Gasteiger charge is -2.29. The highest BCUT2D eigenvalue weighted by atomic mass is 16.5. The van der Waals surface area contributed by atoms with Crippen LogP contribution in [0.4, 0.5) is 0 Å². The first-order valence-electron chi connectivity index (χ1n) is 8.30. The average Bonchev–Trinajstić information content (AvgIpc) is 3.04. The van der Waals surface area contributed by atoms with E-state index in [0.717, 1.165) is 42.9 Å². The normalized spacial score (nSPS) is 17.5. The number of rotatable bonds is 6. The molecule has 3 rings (SSSR count). The number of piperidine rings is 1. The number of hydrogen-bond acceptors (Lipinski definition) is 5. The van der Waals surface area contributed by atoms with Gasteiger partial charge in [0.2, 0.25) is 0 Å². The third kappa shape index (κ3) is 4.41. The molecule has 2 N–H and O–H groups in total. The minimum Gasteiger partial charge on any atom is -0.392 e. The summed E-state index contributed by atoms with van der Waals surface area (Å²) in [7, 11) is 2.01. The van der Waals surface area contributed by atoms with Crippen molar-refractivity contribution in [3.8, 4) is 11.3 Å². The molecule has 1 atom stereocenters. The minimum atomic E-state index is -0.279. The maximum atomic E-state index is 10.4. The molecule has 5 heteroatoms. The predicted molar refractivity (Wildman–Crippen MR) is 89.9 cm³/mol. The molecule has 0 amide bonds. The molecule has 1 aliphatic rings. The van der Waals surface area contributed by atoms with Crippen molar-refractivity contribution >= 4 is 0 Å². The van der Waals surface area contributed by atoms with E-state index in [1.807, 2.05) is 43.4 Å². The van der Waals surface area contributed by atoms with Gasteiger partial charge in [-0.15, -0.1) is 0 Å². The van der Waals surface area contributed by atoms with Crippen LogP contribution >= 0.6 is 0 Å². The van der Waals surface area contributed by atoms with Crippen LogP contribution in [0.2, 0.25) is 0 Å². The topological polar surface area (TPSA) is 61.5 Å². The summed E-state index contributed by atoms with van der Waals surface area (Å²) < 4.78 is 5.43. The number of aliphatic hydroxyl groups is 1. The van der Waals surface area contributed by atoms with Crippen molar-refractivity contribution in [3.05, 3.63) is 42.2 Å². The molecule has 124 valence electrons. The zero-order valence-electron chi connectivity index (χ0n) is 13.6. The smallest absolute Gasteiger partial charge is 0.151 e. The van der Waals surface area contributed by atoms with Crippen LogP contribution in [0.25, 0.3) is 11.3 Å². The molecular weight excluding hydrogens is 290 g/mol. The largest absolute Gasteiger partial charge is 0.392 e. The van der Waals surface area contributed by atoms with Crippen LogP contribution in [-0.4, -0.2) is 47.9 Å². The fourth-order valence-electron chi connectivity index (χ4n) is 3.16. The Morgan fingerprint density at radius 3 is 2.78 bits per heavy atom. The van der Waals surface area contributed by atoms with Crippen molar-refractivity contribution < 1.29 is 9.63 Å². The van der Waals surface area contributed by atoms with Gasteiger partial charge in [0.1, 0.15) is 5.69 Å². The molecule has 1 aromatic carbocycles. The van der Waals surface area contributed by atoms with Gasteiger partial charge in [-0.05, 0) is 38.9 Å². The quantitative estimate of drug-likeness (QED) is 0.855. The molecule has 1 aromatic heterocycles. The van der Waals surface area contributed by atoms with E-state index in [9.17, 15) is 5.11 Å². The molecule has 0 radical (unpaired) electrons. The first-order valence-corrected chi connectivity index (χ1v) is 8.30. The van der Waals surface area contributed by atoms with Gasteiger partial charge in [-0.25, -0.2) is 0 Å². The number of benzene rings is 1. The van der Waals surface area contributed by atoms with Crippen molar-refractivity contribution in [1.82, 2.24) is 15.4 Å². The Kier molecular flexibility index (Phi) is 5.43. The van der Waals surface area contributed by atoms with Crippen LogP contribution in [0.1, 0.15) is 18.6 Å². The van der Waals surface area contributed by atoms with Crippen molar-refractivity contribution in [3.63, 3.8) is 0 Å². The second-order valence-electron chi connectivity index (χ2n) is 6.40. The Morgan fingerprint density at radius 1 is 1.30 bits per heavy atom. The molecule has 0 aliphatic carbocycles. The van der Waals surface area contributed by atoms with Gasteiger partial charge >= 0.3 is 0 Å². The van der Waals surface area contributed by atoms with Gasteiger partial charge < -0.3 is 14.9 Å². The van der Waals surface area contributed by atoms with E-state index in [1.54, 1.807) is 0 Å². The monoisotopic (exact) mass is 315 g/mol. The third-order valence-corrected chi connectivity index (χ3v) is 4.48. The lowest BCUT2D eigenvalue weighted by atomic mass is 9.92. The van der Waals surface area contributed by atoms with E-state index in [-0.39, 0.29) is 6.10 Å². The number of likely N-dealkylation sites (N-methyl/N-ethyl adjacent to an activating group) is 1. The number of nitrogens with zero attached hydrogens (tertiary/aromatic N) is 2. The van der Waals surface area contributed by atoms with Crippen molar-refractivity contribution in [2.24, 2.45) is 5.92 Å². The average molecular weight is 315 g/mol. The summed E-state index contributed by atoms with van der Waals surface area (Å²) in [6.45, 7) is 3.33. The molecule has 2 heterocycles. The first kappa shape index (κ1) is 16.2. The van der Waals surface area contributed by atoms with Gasteiger partial charge in [0.25, 0.3) is 0 Å². The maximum Gasteiger partial charge on any atom is 0.151 e. The standard InChI is InChI=1S/C18H25N3O2/c1-21(13-18(22)15-7-9-19-10-8-15)12-16-11-17(20-23-16)14-5-3-2-4-6-14/h2-6,11,15,18-19,22H,7-10,12-13H2,1H3. The minimum absolute atomic E-state index is 0.279. The highest BCUT2D eigenvalue weighted by molar-refractivity contribution is 5.58. The summed E-state index contributed by atoms with van der Waals surface area (Å²) in [6, 6.07) is 12.0. The van der Waals surface area contributed by atoms with Crippen LogP contribution in [0.3, 0.4) is 0 Å². The highest BCUT2D eigenvalue weighted by Gasteiger charge is 2.23. The van der Waals surface area contributed by atoms with Crippen molar-refractivity contribution in [2.45, 2.75) is 25.5 Å². The van der Waals surface area contributed by atoms with Gasteiger partial charge in [-0.1, -0.05) is 35.5 Å². The fourth-order valence-corrected chi connectivity index (χ4v) is 3.16. The number of aromatic nitrogens is 1. The number of nitrogens with one attached hydrogen (secondary N) is 1. The van der Waals surface area contributed by atoms with Crippen LogP contribution in [0.5, 0.6) is 0 Å². The Labute approximate surface area is 137 Å². The molecule has 5 nitrogen and oxygen atoms in total. The van der Waals surface area contributed by atoms with Crippen molar-refractivity contribution in [2.75, 3.05) is 26.7 Å². The second kappa shape index (κ2) is 7.73. The Balaban J connectivity index is 1.53. The Morgan fingerprint density at radius 2 is 2.04 bits per heavy atom. The number of hydrogen-bond donors (Lipinski definition) is 2. The van der Waals surface area contributed by atoms with E-state index >= 15 is 0 Å².